The van der Waals surface area contributed by atoms with E-state index in [0.717, 1.165) is 5.56 Å². The van der Waals surface area contributed by atoms with Gasteiger partial charge in [0.1, 0.15) is 11.3 Å². The van der Waals surface area contributed by atoms with Crippen molar-refractivity contribution in [2.24, 2.45) is 0 Å². The first kappa shape index (κ1) is 17.6. The third-order valence-corrected chi connectivity index (χ3v) is 4.56. The van der Waals surface area contributed by atoms with E-state index in [1.165, 1.54) is 4.57 Å². The molecule has 0 unspecified atom stereocenters. The van der Waals surface area contributed by atoms with Crippen molar-refractivity contribution >= 4 is 16.8 Å². The maximum absolute atomic E-state index is 13.2. The molecule has 1 N–H and O–H groups in total. The van der Waals surface area contributed by atoms with Crippen molar-refractivity contribution in [1.82, 2.24) is 14.5 Å². The molecule has 4 aromatic rings. The van der Waals surface area contributed by atoms with Crippen LogP contribution < -0.4 is 5.56 Å². The zero-order chi connectivity index (χ0) is 19.5. The summed E-state index contributed by atoms with van der Waals surface area (Å²) in [6.45, 7) is 0. The van der Waals surface area contributed by atoms with Crippen LogP contribution in [0, 0.1) is 0 Å². The van der Waals surface area contributed by atoms with Gasteiger partial charge in [0, 0.05) is 25.0 Å². The number of pyridine rings is 3. The molecule has 0 atom stereocenters. The molecule has 6 nitrogen and oxygen atoms in total. The van der Waals surface area contributed by atoms with E-state index in [2.05, 4.69) is 9.97 Å². The highest BCUT2D eigenvalue weighted by Gasteiger charge is 2.23. The number of aromatic hydroxyl groups is 1. The van der Waals surface area contributed by atoms with Crippen molar-refractivity contribution in [3.8, 4) is 11.4 Å². The van der Waals surface area contributed by atoms with Crippen LogP contribution in [0.5, 0.6) is 5.75 Å². The molecule has 4 rings (SSSR count). The highest BCUT2D eigenvalue weighted by atomic mass is 16.3. The number of hydrogen-bond donors (Lipinski definition) is 1. The molecular weight excluding hydrogens is 354 g/mol. The molecule has 0 aliphatic rings. The SMILES string of the molecule is O=C(CCc1cccnc1)c1c(O)c2cccnc2n(-c2ccccc2)c1=O. The van der Waals surface area contributed by atoms with Gasteiger partial charge in [-0.15, -0.1) is 0 Å². The first-order chi connectivity index (χ1) is 13.7. The van der Waals surface area contributed by atoms with Crippen LogP contribution in [-0.2, 0) is 6.42 Å². The lowest BCUT2D eigenvalue weighted by Gasteiger charge is -2.13. The number of aryl methyl sites for hydroxylation is 1. The van der Waals surface area contributed by atoms with Gasteiger partial charge < -0.3 is 5.11 Å². The molecule has 6 heteroatoms. The summed E-state index contributed by atoms with van der Waals surface area (Å²) in [5.41, 5.74) is 0.984. The molecule has 0 fully saturated rings. The number of nitrogens with zero attached hydrogens (tertiary/aromatic N) is 3. The van der Waals surface area contributed by atoms with Gasteiger partial charge in [-0.1, -0.05) is 24.3 Å². The Balaban J connectivity index is 1.85. The van der Waals surface area contributed by atoms with E-state index in [1.807, 2.05) is 12.1 Å². The number of hydrogen-bond acceptors (Lipinski definition) is 5. The van der Waals surface area contributed by atoms with Crippen molar-refractivity contribution in [3.63, 3.8) is 0 Å². The second-order valence-corrected chi connectivity index (χ2v) is 6.36. The maximum atomic E-state index is 13.2. The van der Waals surface area contributed by atoms with Crippen LogP contribution in [0.1, 0.15) is 22.3 Å². The molecule has 0 saturated carbocycles. The van der Waals surface area contributed by atoms with Crippen molar-refractivity contribution in [2.75, 3.05) is 0 Å². The summed E-state index contributed by atoms with van der Waals surface area (Å²) in [5, 5.41) is 11.0. The molecule has 138 valence electrons. The van der Waals surface area contributed by atoms with Gasteiger partial charge >= 0.3 is 0 Å². The summed E-state index contributed by atoms with van der Waals surface area (Å²) in [4.78, 5) is 34.3. The molecule has 3 aromatic heterocycles. The van der Waals surface area contributed by atoms with E-state index >= 15 is 0 Å². The number of Topliss-reactive ketones (excluding diaryl/α,β-unsaturated/α-hetero) is 1. The number of rotatable bonds is 5. The van der Waals surface area contributed by atoms with Gasteiger partial charge in [-0.05, 0) is 42.3 Å². The van der Waals surface area contributed by atoms with Gasteiger partial charge in [0.25, 0.3) is 5.56 Å². The van der Waals surface area contributed by atoms with Crippen LogP contribution in [0.3, 0.4) is 0 Å². The van der Waals surface area contributed by atoms with Gasteiger partial charge in [0.15, 0.2) is 11.4 Å². The lowest BCUT2D eigenvalue weighted by atomic mass is 10.0. The highest BCUT2D eigenvalue weighted by Crippen LogP contribution is 2.27. The fourth-order valence-corrected chi connectivity index (χ4v) is 3.20. The van der Waals surface area contributed by atoms with Crippen LogP contribution in [0.2, 0.25) is 0 Å². The molecule has 0 aliphatic carbocycles. The maximum Gasteiger partial charge on any atom is 0.271 e. The predicted octanol–water partition coefficient (Wildman–Crippen LogP) is 3.30. The van der Waals surface area contributed by atoms with Gasteiger partial charge in [0.05, 0.1) is 11.1 Å². The Morgan fingerprint density at radius 1 is 1.00 bits per heavy atom. The number of benzene rings is 1. The fourth-order valence-electron chi connectivity index (χ4n) is 3.20. The summed E-state index contributed by atoms with van der Waals surface area (Å²) < 4.78 is 1.37. The minimum absolute atomic E-state index is 0.0923. The van der Waals surface area contributed by atoms with E-state index in [1.54, 1.807) is 61.1 Å². The highest BCUT2D eigenvalue weighted by molar-refractivity contribution is 6.03. The van der Waals surface area contributed by atoms with Gasteiger partial charge in [-0.25, -0.2) is 4.98 Å². The normalized spacial score (nSPS) is 10.9. The van der Waals surface area contributed by atoms with Crippen LogP contribution in [0.4, 0.5) is 0 Å². The molecule has 3 heterocycles. The third-order valence-electron chi connectivity index (χ3n) is 4.56. The second-order valence-electron chi connectivity index (χ2n) is 6.36. The Kier molecular flexibility index (Phi) is 4.68. The van der Waals surface area contributed by atoms with Crippen LogP contribution in [-0.4, -0.2) is 25.4 Å². The molecule has 0 amide bonds. The number of para-hydroxylation sites is 1. The average Bonchev–Trinajstić information content (AvgIpc) is 2.74. The molecule has 0 saturated heterocycles. The van der Waals surface area contributed by atoms with E-state index in [0.29, 0.717) is 23.1 Å². The average molecular weight is 371 g/mol. The first-order valence-corrected chi connectivity index (χ1v) is 8.87. The molecule has 0 bridgehead atoms. The Morgan fingerprint density at radius 3 is 2.54 bits per heavy atom. The van der Waals surface area contributed by atoms with Crippen molar-refractivity contribution in [3.05, 3.63) is 94.7 Å². The summed E-state index contributed by atoms with van der Waals surface area (Å²) in [5.74, 6) is -0.738. The monoisotopic (exact) mass is 371 g/mol. The van der Waals surface area contributed by atoms with Crippen LogP contribution in [0.15, 0.2) is 78.0 Å². The summed E-state index contributed by atoms with van der Waals surface area (Å²) in [6.07, 6.45) is 5.41. The molecule has 1 aromatic carbocycles. The van der Waals surface area contributed by atoms with Crippen molar-refractivity contribution in [2.45, 2.75) is 12.8 Å². The van der Waals surface area contributed by atoms with E-state index in [9.17, 15) is 14.7 Å². The van der Waals surface area contributed by atoms with Crippen molar-refractivity contribution in [1.29, 1.82) is 0 Å². The van der Waals surface area contributed by atoms with Crippen molar-refractivity contribution < 1.29 is 9.90 Å². The largest absolute Gasteiger partial charge is 0.506 e. The Hall–Kier alpha value is -3.80. The molecular formula is C22H17N3O3. The third kappa shape index (κ3) is 3.16. The molecule has 0 spiro atoms. The van der Waals surface area contributed by atoms with Gasteiger partial charge in [0.2, 0.25) is 0 Å². The van der Waals surface area contributed by atoms with Gasteiger partial charge in [-0.2, -0.15) is 0 Å². The zero-order valence-electron chi connectivity index (χ0n) is 14.9. The molecule has 28 heavy (non-hydrogen) atoms. The quantitative estimate of drug-likeness (QED) is 0.544. The number of aromatic nitrogens is 3. The first-order valence-electron chi connectivity index (χ1n) is 8.87. The lowest BCUT2D eigenvalue weighted by molar-refractivity contribution is 0.0978. The topological polar surface area (TPSA) is 85.1 Å². The second kappa shape index (κ2) is 7.44. The van der Waals surface area contributed by atoms with Gasteiger partial charge in [-0.3, -0.25) is 19.1 Å². The predicted molar refractivity (Wildman–Crippen MR) is 106 cm³/mol. The standard InChI is InChI=1S/C22H17N3O3/c26-18(11-10-15-6-4-12-23-14-15)19-20(27)17-9-5-13-24-21(17)25(22(19)28)16-7-2-1-3-8-16/h1-9,12-14,27H,10-11H2. The minimum Gasteiger partial charge on any atom is -0.506 e. The Morgan fingerprint density at radius 2 is 1.79 bits per heavy atom. The minimum atomic E-state index is -0.578. The van der Waals surface area contributed by atoms with E-state index in [4.69, 9.17) is 0 Å². The van der Waals surface area contributed by atoms with E-state index < -0.39 is 11.3 Å². The van der Waals surface area contributed by atoms with Crippen LogP contribution >= 0.6 is 0 Å². The smallest absolute Gasteiger partial charge is 0.271 e. The zero-order valence-corrected chi connectivity index (χ0v) is 14.9. The number of carbonyl (C=O) groups is 1. The van der Waals surface area contributed by atoms with Crippen LogP contribution in [0.25, 0.3) is 16.7 Å². The summed E-state index contributed by atoms with van der Waals surface area (Å²) >= 11 is 0. The Bertz CT molecular complexity index is 1200. The number of fused-ring (bicyclic) bond motifs is 1. The molecule has 0 radical (unpaired) electrons. The fraction of sp³-hybridized carbons (Fsp3) is 0.0909. The molecule has 0 aliphatic heterocycles. The lowest BCUT2D eigenvalue weighted by Crippen LogP contribution is -2.26. The number of carbonyl (C=O) groups excluding carboxylic acids is 1. The summed E-state index contributed by atoms with van der Waals surface area (Å²) in [7, 11) is 0. The van der Waals surface area contributed by atoms with E-state index in [-0.39, 0.29) is 17.7 Å². The number of ketones is 1. The Labute approximate surface area is 160 Å². The summed E-state index contributed by atoms with van der Waals surface area (Å²) in [6, 6.07) is 15.9.